The van der Waals surface area contributed by atoms with Gasteiger partial charge in [0.2, 0.25) is 5.91 Å². The molecule has 0 radical (unpaired) electrons. The number of carbonyl (C=O) groups excluding carboxylic acids is 1. The lowest BCUT2D eigenvalue weighted by Crippen LogP contribution is -2.15. The van der Waals surface area contributed by atoms with E-state index in [-0.39, 0.29) is 17.2 Å². The maximum atomic E-state index is 12.7. The molecule has 0 atom stereocenters. The monoisotopic (exact) mass is 435 g/mol. The van der Waals surface area contributed by atoms with E-state index in [1.807, 2.05) is 60.0 Å². The molecule has 1 amide bonds. The number of benzene rings is 2. The molecule has 0 saturated carbocycles. The first-order valence-electron chi connectivity index (χ1n) is 9.66. The van der Waals surface area contributed by atoms with Crippen LogP contribution in [0, 0.1) is 0 Å². The molecule has 2 N–H and O–H groups in total. The normalized spacial score (nSPS) is 11.0. The molecule has 5 nitrogen and oxygen atoms in total. The van der Waals surface area contributed by atoms with Crippen LogP contribution in [0.4, 0.5) is 5.69 Å². The fourth-order valence-corrected chi connectivity index (χ4v) is 4.86. The molecule has 4 aromatic rings. The van der Waals surface area contributed by atoms with Gasteiger partial charge in [0.15, 0.2) is 0 Å². The molecule has 0 unspecified atom stereocenters. The van der Waals surface area contributed by atoms with Crippen molar-refractivity contribution in [3.05, 3.63) is 81.7 Å². The predicted octanol–water partition coefficient (Wildman–Crippen LogP) is 5.09. The highest BCUT2D eigenvalue weighted by Crippen LogP contribution is 2.30. The molecule has 2 aromatic carbocycles. The third-order valence-corrected chi connectivity index (χ3v) is 6.48. The Morgan fingerprint density at radius 1 is 1.17 bits per heavy atom. The summed E-state index contributed by atoms with van der Waals surface area (Å²) in [4.78, 5) is 33.1. The molecule has 4 rings (SSSR count). The minimum Gasteiger partial charge on any atom is -0.325 e. The van der Waals surface area contributed by atoms with Crippen molar-refractivity contribution < 1.29 is 4.79 Å². The van der Waals surface area contributed by atoms with Gasteiger partial charge in [-0.3, -0.25) is 9.59 Å². The molecule has 0 spiro atoms. The molecule has 30 heavy (non-hydrogen) atoms. The van der Waals surface area contributed by atoms with Gasteiger partial charge < -0.3 is 10.3 Å². The average Bonchev–Trinajstić information content (AvgIpc) is 3.19. The number of anilines is 1. The first-order chi connectivity index (χ1) is 14.6. The Kier molecular flexibility index (Phi) is 6.30. The summed E-state index contributed by atoms with van der Waals surface area (Å²) in [6.45, 7) is 2.08. The topological polar surface area (TPSA) is 74.8 Å². The summed E-state index contributed by atoms with van der Waals surface area (Å²) in [5.74, 6) is 1.27. The second kappa shape index (κ2) is 9.28. The van der Waals surface area contributed by atoms with Crippen molar-refractivity contribution in [1.82, 2.24) is 9.97 Å². The summed E-state index contributed by atoms with van der Waals surface area (Å²) in [5.41, 5.74) is 3.75. The van der Waals surface area contributed by atoms with Crippen molar-refractivity contribution in [2.45, 2.75) is 19.1 Å². The van der Waals surface area contributed by atoms with Crippen molar-refractivity contribution in [2.75, 3.05) is 11.1 Å². The van der Waals surface area contributed by atoms with Crippen LogP contribution in [0.1, 0.15) is 18.3 Å². The molecule has 0 aliphatic rings. The summed E-state index contributed by atoms with van der Waals surface area (Å²) in [7, 11) is 0. The number of rotatable bonds is 7. The average molecular weight is 436 g/mol. The fourth-order valence-electron chi connectivity index (χ4n) is 3.20. The van der Waals surface area contributed by atoms with E-state index in [2.05, 4.69) is 22.2 Å². The van der Waals surface area contributed by atoms with E-state index >= 15 is 0 Å². The van der Waals surface area contributed by atoms with Gasteiger partial charge >= 0.3 is 0 Å². The number of hydrogen-bond donors (Lipinski definition) is 2. The summed E-state index contributed by atoms with van der Waals surface area (Å²) in [5, 5.41) is 5.50. The number of carbonyl (C=O) groups is 1. The van der Waals surface area contributed by atoms with E-state index < -0.39 is 0 Å². The van der Waals surface area contributed by atoms with Crippen LogP contribution >= 0.6 is 23.1 Å². The highest BCUT2D eigenvalue weighted by atomic mass is 32.2. The van der Waals surface area contributed by atoms with E-state index in [9.17, 15) is 9.59 Å². The van der Waals surface area contributed by atoms with E-state index in [1.54, 1.807) is 0 Å². The lowest BCUT2D eigenvalue weighted by molar-refractivity contribution is -0.113. The lowest BCUT2D eigenvalue weighted by atomic mass is 10.1. The van der Waals surface area contributed by atoms with Gasteiger partial charge in [-0.1, -0.05) is 49.4 Å². The van der Waals surface area contributed by atoms with Gasteiger partial charge in [0.1, 0.15) is 10.7 Å². The molecule has 2 heterocycles. The number of amides is 1. The summed E-state index contributed by atoms with van der Waals surface area (Å²) >= 11 is 2.89. The zero-order chi connectivity index (χ0) is 20.9. The second-order valence-corrected chi connectivity index (χ2v) is 8.65. The van der Waals surface area contributed by atoms with Crippen LogP contribution in [-0.2, 0) is 17.0 Å². The number of fused-ring (bicyclic) bond motifs is 1. The van der Waals surface area contributed by atoms with Gasteiger partial charge in [-0.25, -0.2) is 4.98 Å². The van der Waals surface area contributed by atoms with E-state index in [1.165, 1.54) is 28.7 Å². The zero-order valence-corrected chi connectivity index (χ0v) is 18.1. The molecule has 0 fully saturated rings. The molecular formula is C23H21N3O2S2. The number of thioether (sulfide) groups is 1. The van der Waals surface area contributed by atoms with Crippen molar-refractivity contribution in [1.29, 1.82) is 0 Å². The first-order valence-corrected chi connectivity index (χ1v) is 11.7. The molecule has 152 valence electrons. The molecule has 0 bridgehead atoms. The van der Waals surface area contributed by atoms with Crippen molar-refractivity contribution in [3.63, 3.8) is 0 Å². The molecule has 2 aromatic heterocycles. The third-order valence-electron chi connectivity index (χ3n) is 4.67. The van der Waals surface area contributed by atoms with Crippen LogP contribution in [0.25, 0.3) is 21.3 Å². The Hall–Kier alpha value is -2.90. The van der Waals surface area contributed by atoms with E-state index in [0.29, 0.717) is 21.8 Å². The number of aromatic nitrogens is 2. The van der Waals surface area contributed by atoms with Crippen molar-refractivity contribution in [2.24, 2.45) is 0 Å². The van der Waals surface area contributed by atoms with Crippen LogP contribution < -0.4 is 10.9 Å². The quantitative estimate of drug-likeness (QED) is 0.424. The Balaban J connectivity index is 1.41. The van der Waals surface area contributed by atoms with Crippen LogP contribution in [0.3, 0.4) is 0 Å². The maximum Gasteiger partial charge on any atom is 0.260 e. The number of nitrogens with zero attached hydrogens (tertiary/aromatic N) is 1. The first kappa shape index (κ1) is 20.4. The summed E-state index contributed by atoms with van der Waals surface area (Å²) in [6.07, 6.45) is 0.925. The van der Waals surface area contributed by atoms with Gasteiger partial charge in [0, 0.05) is 16.6 Å². The number of nitrogens with one attached hydrogen (secondary N) is 2. The fraction of sp³-hybridized carbons (Fsp3) is 0.174. The van der Waals surface area contributed by atoms with Crippen LogP contribution in [-0.4, -0.2) is 21.6 Å². The van der Waals surface area contributed by atoms with Crippen LogP contribution in [0.5, 0.6) is 0 Å². The van der Waals surface area contributed by atoms with Crippen molar-refractivity contribution in [3.8, 4) is 11.1 Å². The molecule has 0 aliphatic heterocycles. The van der Waals surface area contributed by atoms with Gasteiger partial charge in [-0.05, 0) is 29.7 Å². The Bertz CT molecular complexity index is 1230. The smallest absolute Gasteiger partial charge is 0.260 e. The minimum atomic E-state index is -0.142. The van der Waals surface area contributed by atoms with E-state index in [0.717, 1.165) is 23.2 Å². The number of aryl methyl sites for hydroxylation is 1. The van der Waals surface area contributed by atoms with Crippen LogP contribution in [0.15, 0.2) is 64.8 Å². The molecule has 0 aliphatic carbocycles. The molecule has 7 heteroatoms. The van der Waals surface area contributed by atoms with Crippen LogP contribution in [0.2, 0.25) is 0 Å². The predicted molar refractivity (Wildman–Crippen MR) is 126 cm³/mol. The minimum absolute atomic E-state index is 0.0702. The summed E-state index contributed by atoms with van der Waals surface area (Å²) in [6, 6.07) is 17.7. The highest BCUT2D eigenvalue weighted by molar-refractivity contribution is 7.99. The third kappa shape index (κ3) is 4.63. The highest BCUT2D eigenvalue weighted by Gasteiger charge is 2.13. The zero-order valence-electron chi connectivity index (χ0n) is 16.5. The lowest BCUT2D eigenvalue weighted by Gasteiger charge is -2.07. The van der Waals surface area contributed by atoms with Gasteiger partial charge in [-0.2, -0.15) is 0 Å². The van der Waals surface area contributed by atoms with Gasteiger partial charge in [-0.15, -0.1) is 23.1 Å². The molecular weight excluding hydrogens is 414 g/mol. The number of thiophene rings is 1. The van der Waals surface area contributed by atoms with Crippen molar-refractivity contribution >= 4 is 44.9 Å². The maximum absolute atomic E-state index is 12.7. The Morgan fingerprint density at radius 3 is 2.80 bits per heavy atom. The van der Waals surface area contributed by atoms with Gasteiger partial charge in [0.05, 0.1) is 16.9 Å². The molecule has 0 saturated heterocycles. The summed E-state index contributed by atoms with van der Waals surface area (Å²) < 4.78 is 0. The van der Waals surface area contributed by atoms with Gasteiger partial charge in [0.25, 0.3) is 5.56 Å². The van der Waals surface area contributed by atoms with E-state index in [4.69, 9.17) is 0 Å². The Labute approximate surface area is 182 Å². The number of aromatic amines is 1. The largest absolute Gasteiger partial charge is 0.325 e. The standard InChI is InChI=1S/C23H21N3O2S2/c1-2-15-7-6-10-17(11-15)24-20(27)14-29-13-19-25-22(28)21-18(12-30-23(21)26-19)16-8-4-3-5-9-16/h3-12H,2,13-14H2,1H3,(H,24,27)(H,25,26,28). The number of hydrogen-bond acceptors (Lipinski definition) is 5. The number of H-pyrrole nitrogens is 1. The second-order valence-electron chi connectivity index (χ2n) is 6.80. The SMILES string of the molecule is CCc1cccc(NC(=O)CSCc2nc3scc(-c4ccccc4)c3c(=O)[nH]2)c1. The Morgan fingerprint density at radius 2 is 2.00 bits per heavy atom.